The lowest BCUT2D eigenvalue weighted by molar-refractivity contribution is -0.141. The molecule has 0 aromatic heterocycles. The minimum absolute atomic E-state index is 0.00591. The van der Waals surface area contributed by atoms with E-state index in [9.17, 15) is 22.8 Å². The van der Waals surface area contributed by atoms with E-state index in [1.54, 1.807) is 11.8 Å². The summed E-state index contributed by atoms with van der Waals surface area (Å²) in [4.78, 5) is 41.1. The highest BCUT2D eigenvalue weighted by Crippen LogP contribution is 2.30. The van der Waals surface area contributed by atoms with E-state index in [0.717, 1.165) is 30.6 Å². The third-order valence-corrected chi connectivity index (χ3v) is 7.81. The number of carbonyl (C=O) groups is 3. The van der Waals surface area contributed by atoms with Crippen LogP contribution in [-0.2, 0) is 19.4 Å². The highest BCUT2D eigenvalue weighted by atomic mass is 32.2. The maximum Gasteiger partial charge on any atom is 0.325 e. The Morgan fingerprint density at radius 1 is 1.21 bits per heavy atom. The van der Waals surface area contributed by atoms with Gasteiger partial charge in [-0.05, 0) is 38.5 Å². The fourth-order valence-corrected chi connectivity index (χ4v) is 6.66. The van der Waals surface area contributed by atoms with Gasteiger partial charge in [-0.2, -0.15) is 0 Å². The molecule has 3 rings (SSSR count). The van der Waals surface area contributed by atoms with Crippen molar-refractivity contribution in [3.05, 3.63) is 0 Å². The lowest BCUT2D eigenvalue weighted by Gasteiger charge is -2.35. The lowest BCUT2D eigenvalue weighted by Crippen LogP contribution is -2.52. The number of rotatable bonds is 6. The third kappa shape index (κ3) is 4.18. The number of carbonyl (C=O) groups excluding carboxylic acids is 3. The van der Waals surface area contributed by atoms with E-state index in [4.69, 9.17) is 0 Å². The molecule has 2 heterocycles. The van der Waals surface area contributed by atoms with E-state index in [1.807, 2.05) is 13.8 Å². The van der Waals surface area contributed by atoms with Crippen LogP contribution in [0.5, 0.6) is 0 Å². The maximum atomic E-state index is 13.2. The molecule has 2 saturated heterocycles. The Kier molecular flexibility index (Phi) is 5.76. The SMILES string of the molecule is CC(C)CC1(C)NC(=O)N(CC(=O)N(C2CCCC2)C2CCS(=O)(=O)C2)C1=O. The summed E-state index contributed by atoms with van der Waals surface area (Å²) < 4.78 is 23.9. The topological polar surface area (TPSA) is 104 Å². The number of hydrogen-bond acceptors (Lipinski definition) is 5. The Hall–Kier alpha value is -1.64. The predicted octanol–water partition coefficient (Wildman–Crippen LogP) is 1.30. The highest BCUT2D eigenvalue weighted by Gasteiger charge is 2.49. The molecule has 2 atom stereocenters. The standard InChI is InChI=1S/C19H31N3O5S/c1-13(2)10-19(3)17(24)21(18(25)20-19)11-16(23)22(14-6-4-5-7-14)15-8-9-28(26,27)12-15/h13-15H,4-12H2,1-3H3,(H,20,25). The van der Waals surface area contributed by atoms with Crippen LogP contribution in [0.1, 0.15) is 59.3 Å². The second kappa shape index (κ2) is 7.65. The first-order valence-corrected chi connectivity index (χ1v) is 12.0. The molecule has 0 spiro atoms. The number of imide groups is 1. The highest BCUT2D eigenvalue weighted by molar-refractivity contribution is 7.91. The summed E-state index contributed by atoms with van der Waals surface area (Å²) in [5.74, 6) is -0.440. The molecule has 3 fully saturated rings. The number of amides is 4. The fraction of sp³-hybridized carbons (Fsp3) is 0.842. The van der Waals surface area contributed by atoms with Gasteiger partial charge in [-0.1, -0.05) is 26.7 Å². The van der Waals surface area contributed by atoms with Crippen molar-refractivity contribution in [3.8, 4) is 0 Å². The summed E-state index contributed by atoms with van der Waals surface area (Å²) in [6.07, 6.45) is 4.61. The monoisotopic (exact) mass is 413 g/mol. The van der Waals surface area contributed by atoms with Crippen LogP contribution < -0.4 is 5.32 Å². The Labute approximate surface area is 166 Å². The third-order valence-electron chi connectivity index (χ3n) is 6.06. The van der Waals surface area contributed by atoms with E-state index < -0.39 is 21.4 Å². The molecule has 2 unspecified atom stereocenters. The van der Waals surface area contributed by atoms with Crippen LogP contribution >= 0.6 is 0 Å². The fourth-order valence-electron chi connectivity index (χ4n) is 4.95. The van der Waals surface area contributed by atoms with Crippen molar-refractivity contribution in [1.82, 2.24) is 15.1 Å². The van der Waals surface area contributed by atoms with Gasteiger partial charge in [0, 0.05) is 12.1 Å². The summed E-state index contributed by atoms with van der Waals surface area (Å²) in [6, 6.07) is -0.913. The summed E-state index contributed by atoms with van der Waals surface area (Å²) >= 11 is 0. The van der Waals surface area contributed by atoms with Gasteiger partial charge in [0.2, 0.25) is 5.91 Å². The lowest BCUT2D eigenvalue weighted by atomic mass is 9.91. The van der Waals surface area contributed by atoms with Gasteiger partial charge in [0.15, 0.2) is 9.84 Å². The van der Waals surface area contributed by atoms with Crippen LogP contribution in [0.2, 0.25) is 0 Å². The molecular weight excluding hydrogens is 382 g/mol. The Morgan fingerprint density at radius 2 is 1.86 bits per heavy atom. The predicted molar refractivity (Wildman–Crippen MR) is 104 cm³/mol. The molecule has 3 aliphatic rings. The van der Waals surface area contributed by atoms with Crippen molar-refractivity contribution in [2.24, 2.45) is 5.92 Å². The van der Waals surface area contributed by atoms with Crippen LogP contribution in [0.3, 0.4) is 0 Å². The van der Waals surface area contributed by atoms with Crippen molar-refractivity contribution in [1.29, 1.82) is 0 Å². The minimum atomic E-state index is -3.14. The first-order chi connectivity index (χ1) is 13.0. The first-order valence-electron chi connectivity index (χ1n) is 10.2. The zero-order chi connectivity index (χ0) is 20.7. The average Bonchev–Trinajstić information content (AvgIpc) is 3.25. The van der Waals surface area contributed by atoms with Gasteiger partial charge in [-0.3, -0.25) is 14.5 Å². The first kappa shape index (κ1) is 21.1. The molecule has 1 saturated carbocycles. The van der Waals surface area contributed by atoms with E-state index in [1.165, 1.54) is 0 Å². The van der Waals surface area contributed by atoms with Crippen molar-refractivity contribution < 1.29 is 22.8 Å². The average molecular weight is 414 g/mol. The zero-order valence-electron chi connectivity index (χ0n) is 16.9. The van der Waals surface area contributed by atoms with Gasteiger partial charge in [0.25, 0.3) is 5.91 Å². The van der Waals surface area contributed by atoms with Crippen molar-refractivity contribution >= 4 is 27.7 Å². The Balaban J connectivity index is 1.76. The smallest absolute Gasteiger partial charge is 0.325 e. The van der Waals surface area contributed by atoms with Crippen LogP contribution in [0.4, 0.5) is 4.79 Å². The van der Waals surface area contributed by atoms with E-state index in [0.29, 0.717) is 12.8 Å². The molecule has 0 aromatic rings. The molecule has 158 valence electrons. The molecule has 28 heavy (non-hydrogen) atoms. The van der Waals surface area contributed by atoms with Crippen molar-refractivity contribution in [3.63, 3.8) is 0 Å². The summed E-state index contributed by atoms with van der Waals surface area (Å²) in [5.41, 5.74) is -1.000. The molecule has 9 heteroatoms. The Bertz CT molecular complexity index is 760. The van der Waals surface area contributed by atoms with E-state index in [2.05, 4.69) is 5.32 Å². The number of hydrogen-bond donors (Lipinski definition) is 1. The van der Waals surface area contributed by atoms with Crippen LogP contribution in [0.25, 0.3) is 0 Å². The van der Waals surface area contributed by atoms with Gasteiger partial charge in [-0.25, -0.2) is 13.2 Å². The minimum Gasteiger partial charge on any atom is -0.334 e. The summed E-state index contributed by atoms with van der Waals surface area (Å²) in [6.45, 7) is 5.31. The maximum absolute atomic E-state index is 13.2. The molecule has 4 amide bonds. The molecular formula is C19H31N3O5S. The van der Waals surface area contributed by atoms with Gasteiger partial charge >= 0.3 is 6.03 Å². The number of nitrogens with zero attached hydrogens (tertiary/aromatic N) is 2. The number of sulfone groups is 1. The van der Waals surface area contributed by atoms with Gasteiger partial charge in [0.1, 0.15) is 12.1 Å². The molecule has 2 aliphatic heterocycles. The molecule has 1 N–H and O–H groups in total. The van der Waals surface area contributed by atoms with Gasteiger partial charge < -0.3 is 10.2 Å². The largest absolute Gasteiger partial charge is 0.334 e. The van der Waals surface area contributed by atoms with E-state index >= 15 is 0 Å². The van der Waals surface area contributed by atoms with Crippen LogP contribution in [0.15, 0.2) is 0 Å². The van der Waals surface area contributed by atoms with E-state index in [-0.39, 0.29) is 47.9 Å². The molecule has 0 radical (unpaired) electrons. The molecule has 1 aliphatic carbocycles. The van der Waals surface area contributed by atoms with Crippen molar-refractivity contribution in [2.45, 2.75) is 76.9 Å². The molecule has 0 aromatic carbocycles. The summed E-state index contributed by atoms with van der Waals surface area (Å²) in [7, 11) is -3.14. The number of nitrogens with one attached hydrogen (secondary N) is 1. The van der Waals surface area contributed by atoms with Crippen molar-refractivity contribution in [2.75, 3.05) is 18.1 Å². The molecule has 0 bridgehead atoms. The number of urea groups is 1. The van der Waals surface area contributed by atoms with Gasteiger partial charge in [-0.15, -0.1) is 0 Å². The quantitative estimate of drug-likeness (QED) is 0.661. The summed E-state index contributed by atoms with van der Waals surface area (Å²) in [5, 5.41) is 2.73. The molecule has 8 nitrogen and oxygen atoms in total. The second-order valence-corrected chi connectivity index (χ2v) is 11.3. The van der Waals surface area contributed by atoms with Gasteiger partial charge in [0.05, 0.1) is 11.5 Å². The van der Waals surface area contributed by atoms with Crippen LogP contribution in [0, 0.1) is 5.92 Å². The Morgan fingerprint density at radius 3 is 2.39 bits per heavy atom. The van der Waals surface area contributed by atoms with Crippen LogP contribution in [-0.4, -0.2) is 71.7 Å². The normalized spacial score (nSPS) is 30.3. The second-order valence-electron chi connectivity index (χ2n) is 9.05. The zero-order valence-corrected chi connectivity index (χ0v) is 17.8.